The third kappa shape index (κ3) is 11.0. The van der Waals surface area contributed by atoms with Crippen LogP contribution in [0.3, 0.4) is 0 Å². The first kappa shape index (κ1) is 52.1. The number of anilines is 6. The molecule has 3 N–H and O–H groups in total. The fourth-order valence-electron chi connectivity index (χ4n) is 11.8. The van der Waals surface area contributed by atoms with Crippen molar-refractivity contribution in [2.45, 2.75) is 50.6 Å². The van der Waals surface area contributed by atoms with Crippen LogP contribution >= 0.6 is 18.7 Å². The molecule has 4 aliphatic rings. The summed E-state index contributed by atoms with van der Waals surface area (Å²) in [7, 11) is 2.62. The average molecular weight is 1080 g/mol. The topological polar surface area (TPSA) is 180 Å². The summed E-state index contributed by atoms with van der Waals surface area (Å²) in [5.41, 5.74) is 8.80. The maximum absolute atomic E-state index is 13.7. The van der Waals surface area contributed by atoms with Gasteiger partial charge >= 0.3 is 5.69 Å². The molecule has 18 nitrogen and oxygen atoms in total. The molecular formula is C57H67ClN13O5P. The summed E-state index contributed by atoms with van der Waals surface area (Å²) >= 11 is 6.73. The molecule has 20 heteroatoms. The number of imide groups is 1. The summed E-state index contributed by atoms with van der Waals surface area (Å²) in [6.07, 6.45) is 10.4. The average Bonchev–Trinajstić information content (AvgIpc) is 4.07. The standard InChI is InChI=1S/C57H67ClN13O5P/c1-65-36-40(33-60-65)43-31-46(62-56-59-34-44(58)54(64-56)61-45-13-11-39(29-52(45)77(4,5)75)38-9-7-6-8-10-38)51(76-3)32-49(43)70-23-19-41(20-24-70)69-27-25-67(26-28-69)35-37-17-21-68(22-18-37)42-12-14-47-50(30-42)66(2)57(74)71(47)48-15-16-53(72)63-55(48)73/h6-14,29-34,36-37,41,48H,15-28,35H2,1-5H3,(H,63,72,73)(H2,59,61,62,64). The van der Waals surface area contributed by atoms with E-state index in [-0.39, 0.29) is 18.0 Å². The maximum Gasteiger partial charge on any atom is 0.329 e. The Hall–Kier alpha value is -6.98. The van der Waals surface area contributed by atoms with Crippen LogP contribution in [0.1, 0.15) is 44.6 Å². The van der Waals surface area contributed by atoms with Crippen molar-refractivity contribution in [3.8, 4) is 28.0 Å². The van der Waals surface area contributed by atoms with E-state index in [1.165, 1.54) is 0 Å². The summed E-state index contributed by atoms with van der Waals surface area (Å²) < 4.78 is 24.7. The SMILES string of the molecule is COc1cc(N2CCC(N3CCN(CC4CCN(c5ccc6c(c5)n(C)c(=O)n6C5CCC(=O)NC5=O)CC4)CC3)CC2)c(-c2cnn(C)c2)cc1Nc1ncc(Cl)c(Nc2ccc(-c3ccccc3)cc2P(C)(C)=O)n1. The van der Waals surface area contributed by atoms with Gasteiger partial charge in [-0.3, -0.25) is 33.6 Å². The lowest BCUT2D eigenvalue weighted by Gasteiger charge is -2.44. The lowest BCUT2D eigenvalue weighted by molar-refractivity contribution is -0.135. The number of amides is 2. The van der Waals surface area contributed by atoms with Crippen molar-refractivity contribution in [1.29, 1.82) is 0 Å². The van der Waals surface area contributed by atoms with Crippen LogP contribution in [0.4, 0.5) is 34.5 Å². The normalized spacial score (nSPS) is 18.5. The van der Waals surface area contributed by atoms with Crippen LogP contribution < -0.4 is 41.5 Å². The Labute approximate surface area is 453 Å². The number of piperazine rings is 1. The lowest BCUT2D eigenvalue weighted by atomic mass is 9.95. The molecule has 1 atom stereocenters. The molecule has 11 rings (SSSR count). The van der Waals surface area contributed by atoms with Crippen LogP contribution in [0, 0.1) is 5.92 Å². The Morgan fingerprint density at radius 1 is 0.766 bits per heavy atom. The number of halogens is 1. The number of piperidine rings is 3. The van der Waals surface area contributed by atoms with E-state index >= 15 is 0 Å². The van der Waals surface area contributed by atoms with Crippen LogP contribution in [0.15, 0.2) is 102 Å². The van der Waals surface area contributed by atoms with Gasteiger partial charge in [-0.2, -0.15) is 10.1 Å². The minimum Gasteiger partial charge on any atom is -0.494 e. The van der Waals surface area contributed by atoms with E-state index in [0.717, 1.165) is 124 Å². The number of rotatable bonds is 14. The molecule has 3 aromatic heterocycles. The summed E-state index contributed by atoms with van der Waals surface area (Å²) in [4.78, 5) is 57.5. The number of fused-ring (bicyclic) bond motifs is 1. The number of ether oxygens (including phenoxy) is 1. The molecule has 0 aliphatic carbocycles. The molecule has 7 aromatic rings. The minimum atomic E-state index is -2.73. The highest BCUT2D eigenvalue weighted by molar-refractivity contribution is 7.70. The molecule has 4 aliphatic heterocycles. The number of carbonyl (C=O) groups excluding carboxylic acids is 2. The number of benzene rings is 4. The Morgan fingerprint density at radius 2 is 1.52 bits per heavy atom. The van der Waals surface area contributed by atoms with Crippen molar-refractivity contribution in [2.75, 3.05) is 99.8 Å². The number of carbonyl (C=O) groups is 2. The van der Waals surface area contributed by atoms with E-state index in [2.05, 4.69) is 69.9 Å². The number of hydrogen-bond donors (Lipinski definition) is 3. The van der Waals surface area contributed by atoms with Gasteiger partial charge in [-0.15, -0.1) is 0 Å². The van der Waals surface area contributed by atoms with Crippen molar-refractivity contribution in [3.63, 3.8) is 0 Å². The van der Waals surface area contributed by atoms with E-state index in [1.807, 2.05) is 78.7 Å². The van der Waals surface area contributed by atoms with Crippen molar-refractivity contribution < 1.29 is 18.9 Å². The van der Waals surface area contributed by atoms with Crippen LogP contribution in [0.2, 0.25) is 5.02 Å². The number of aryl methyl sites for hydroxylation is 2. The van der Waals surface area contributed by atoms with Crippen molar-refractivity contribution in [2.24, 2.45) is 20.0 Å². The first-order valence-electron chi connectivity index (χ1n) is 26.7. The van der Waals surface area contributed by atoms with Gasteiger partial charge < -0.3 is 34.6 Å². The number of imidazole rings is 1. The number of nitrogens with zero attached hydrogens (tertiary/aromatic N) is 10. The number of nitrogens with one attached hydrogen (secondary N) is 3. The first-order chi connectivity index (χ1) is 37.2. The second kappa shape index (κ2) is 21.8. The van der Waals surface area contributed by atoms with E-state index in [9.17, 15) is 18.9 Å². The minimum absolute atomic E-state index is 0.220. The molecule has 1 unspecified atom stereocenters. The summed E-state index contributed by atoms with van der Waals surface area (Å²) in [5.74, 6) is 1.26. The second-order valence-electron chi connectivity index (χ2n) is 21.4. The Balaban J connectivity index is 0.706. The van der Waals surface area contributed by atoms with Gasteiger partial charge in [0.25, 0.3) is 0 Å². The molecule has 0 radical (unpaired) electrons. The van der Waals surface area contributed by atoms with Gasteiger partial charge in [0.1, 0.15) is 24.0 Å². The van der Waals surface area contributed by atoms with Crippen LogP contribution in [-0.2, 0) is 28.2 Å². The van der Waals surface area contributed by atoms with Gasteiger partial charge in [0.15, 0.2) is 5.82 Å². The Morgan fingerprint density at radius 3 is 2.22 bits per heavy atom. The Kier molecular flexibility index (Phi) is 14.8. The number of hydrogen-bond acceptors (Lipinski definition) is 14. The highest BCUT2D eigenvalue weighted by Gasteiger charge is 2.33. The molecule has 0 bridgehead atoms. The van der Waals surface area contributed by atoms with Crippen LogP contribution in [0.5, 0.6) is 5.75 Å². The Bertz CT molecular complexity index is 3440. The zero-order chi connectivity index (χ0) is 53.5. The lowest BCUT2D eigenvalue weighted by Crippen LogP contribution is -2.54. The van der Waals surface area contributed by atoms with E-state index in [1.54, 1.807) is 42.8 Å². The molecule has 77 heavy (non-hydrogen) atoms. The molecule has 402 valence electrons. The highest BCUT2D eigenvalue weighted by Crippen LogP contribution is 2.43. The molecule has 4 aromatic carbocycles. The van der Waals surface area contributed by atoms with Crippen molar-refractivity contribution in [3.05, 3.63) is 113 Å². The van der Waals surface area contributed by atoms with Gasteiger partial charge in [-0.05, 0) is 98.9 Å². The zero-order valence-electron chi connectivity index (χ0n) is 44.4. The third-order valence-electron chi connectivity index (χ3n) is 16.1. The summed E-state index contributed by atoms with van der Waals surface area (Å²) in [6, 6.07) is 26.0. The van der Waals surface area contributed by atoms with E-state index in [4.69, 9.17) is 21.3 Å². The highest BCUT2D eigenvalue weighted by atomic mass is 35.5. The quantitative estimate of drug-likeness (QED) is 0.0703. The molecule has 2 amide bonds. The summed E-state index contributed by atoms with van der Waals surface area (Å²) in [5, 5.41) is 14.7. The van der Waals surface area contributed by atoms with Crippen molar-refractivity contribution in [1.82, 2.24) is 44.0 Å². The molecular weight excluding hydrogens is 1010 g/mol. The second-order valence-corrected chi connectivity index (χ2v) is 25.0. The fraction of sp³-hybridized carbons (Fsp3) is 0.404. The summed E-state index contributed by atoms with van der Waals surface area (Å²) in [6.45, 7) is 12.7. The van der Waals surface area contributed by atoms with Crippen molar-refractivity contribution >= 4 is 81.4 Å². The molecule has 4 fully saturated rings. The smallest absolute Gasteiger partial charge is 0.329 e. The van der Waals surface area contributed by atoms with Gasteiger partial charge in [0, 0.05) is 126 Å². The number of methoxy groups -OCH3 is 1. The zero-order valence-corrected chi connectivity index (χ0v) is 46.1. The fourth-order valence-corrected chi connectivity index (χ4v) is 13.1. The van der Waals surface area contributed by atoms with Crippen LogP contribution in [-0.4, -0.2) is 136 Å². The van der Waals surface area contributed by atoms with Gasteiger partial charge in [-0.25, -0.2) is 9.78 Å². The van der Waals surface area contributed by atoms with Crippen LogP contribution in [0.25, 0.3) is 33.3 Å². The maximum atomic E-state index is 13.7. The molecule has 0 spiro atoms. The van der Waals surface area contributed by atoms with E-state index in [0.29, 0.717) is 63.1 Å². The van der Waals surface area contributed by atoms with E-state index < -0.39 is 19.1 Å². The largest absolute Gasteiger partial charge is 0.494 e. The first-order valence-corrected chi connectivity index (χ1v) is 29.7. The van der Waals surface area contributed by atoms with Gasteiger partial charge in [0.2, 0.25) is 17.8 Å². The monoisotopic (exact) mass is 1080 g/mol. The molecule has 7 heterocycles. The van der Waals surface area contributed by atoms with Gasteiger partial charge in [-0.1, -0.05) is 48.0 Å². The number of aromatic nitrogens is 6. The third-order valence-corrected chi connectivity index (χ3v) is 17.9. The molecule has 0 saturated carbocycles. The predicted octanol–water partition coefficient (Wildman–Crippen LogP) is 8.08. The molecule has 4 saturated heterocycles. The van der Waals surface area contributed by atoms with Gasteiger partial charge in [0.05, 0.1) is 41.9 Å². The predicted molar refractivity (Wildman–Crippen MR) is 307 cm³/mol.